The van der Waals surface area contributed by atoms with Crippen molar-refractivity contribution in [1.82, 2.24) is 25.0 Å². The molecule has 0 unspecified atom stereocenters. The van der Waals surface area contributed by atoms with Gasteiger partial charge in [0.1, 0.15) is 12.4 Å². The SMILES string of the molecule is COCCOc1cccc(-n2nnc3cnc(Nc4ccc(CC[NH-])cc4)nc32)c1. The molecule has 2 heterocycles. The minimum atomic E-state index is 0.377. The fourth-order valence-corrected chi connectivity index (χ4v) is 2.94. The minimum absolute atomic E-state index is 0.377. The third kappa shape index (κ3) is 4.53. The van der Waals surface area contributed by atoms with Gasteiger partial charge in [-0.1, -0.05) is 23.4 Å². The number of hydrogen-bond donors (Lipinski definition) is 1. The predicted molar refractivity (Wildman–Crippen MR) is 114 cm³/mol. The number of methoxy groups -OCH3 is 1. The Hall–Kier alpha value is -3.56. The van der Waals surface area contributed by atoms with Gasteiger partial charge in [-0.3, -0.25) is 0 Å². The number of rotatable bonds is 9. The van der Waals surface area contributed by atoms with E-state index in [4.69, 9.17) is 15.2 Å². The van der Waals surface area contributed by atoms with E-state index in [-0.39, 0.29) is 0 Å². The van der Waals surface area contributed by atoms with Crippen LogP contribution >= 0.6 is 0 Å². The number of nitrogens with one attached hydrogen (secondary N) is 2. The normalized spacial score (nSPS) is 11.0. The largest absolute Gasteiger partial charge is 0.677 e. The molecule has 2 N–H and O–H groups in total. The number of nitrogens with zero attached hydrogens (tertiary/aromatic N) is 5. The number of ether oxygens (including phenoxy) is 2. The summed E-state index contributed by atoms with van der Waals surface area (Å²) >= 11 is 0. The highest BCUT2D eigenvalue weighted by Gasteiger charge is 2.11. The van der Waals surface area contributed by atoms with Crippen LogP contribution in [0.15, 0.2) is 54.7 Å². The molecule has 0 fully saturated rings. The van der Waals surface area contributed by atoms with Crippen LogP contribution in [0.1, 0.15) is 5.56 Å². The topological polar surface area (TPSA) is 111 Å². The molecule has 0 aliphatic rings. The zero-order valence-corrected chi connectivity index (χ0v) is 16.6. The maximum absolute atomic E-state index is 7.32. The van der Waals surface area contributed by atoms with Gasteiger partial charge in [-0.05, 0) is 36.2 Å². The van der Waals surface area contributed by atoms with E-state index >= 15 is 0 Å². The summed E-state index contributed by atoms with van der Waals surface area (Å²) in [5.74, 6) is 1.17. The van der Waals surface area contributed by atoms with Crippen molar-refractivity contribution in [1.29, 1.82) is 0 Å². The van der Waals surface area contributed by atoms with Gasteiger partial charge in [0, 0.05) is 18.9 Å². The van der Waals surface area contributed by atoms with Crippen molar-refractivity contribution in [2.75, 3.05) is 32.2 Å². The van der Waals surface area contributed by atoms with Crippen molar-refractivity contribution in [2.24, 2.45) is 0 Å². The van der Waals surface area contributed by atoms with E-state index in [0.29, 0.717) is 42.6 Å². The van der Waals surface area contributed by atoms with Crippen LogP contribution in [0, 0.1) is 0 Å². The smallest absolute Gasteiger partial charge is 0.229 e. The van der Waals surface area contributed by atoms with Crippen molar-refractivity contribution in [2.45, 2.75) is 6.42 Å². The first kappa shape index (κ1) is 19.7. The second kappa shape index (κ2) is 9.29. The summed E-state index contributed by atoms with van der Waals surface area (Å²) in [5, 5.41) is 11.6. The molecule has 4 aromatic rings. The van der Waals surface area contributed by atoms with Crippen LogP contribution in [0.2, 0.25) is 0 Å². The molecule has 9 heteroatoms. The highest BCUT2D eigenvalue weighted by Crippen LogP contribution is 2.21. The van der Waals surface area contributed by atoms with Crippen molar-refractivity contribution >= 4 is 22.8 Å². The molecule has 4 rings (SSSR count). The lowest BCUT2D eigenvalue weighted by atomic mass is 10.1. The number of benzene rings is 2. The van der Waals surface area contributed by atoms with Gasteiger partial charge in [0.05, 0.1) is 18.5 Å². The molecule has 0 atom stereocenters. The minimum Gasteiger partial charge on any atom is -0.677 e. The third-order valence-electron chi connectivity index (χ3n) is 4.43. The van der Waals surface area contributed by atoms with Crippen molar-refractivity contribution < 1.29 is 9.47 Å². The van der Waals surface area contributed by atoms with E-state index in [1.54, 1.807) is 18.0 Å². The summed E-state index contributed by atoms with van der Waals surface area (Å²) in [6, 6.07) is 15.5. The number of aromatic nitrogens is 5. The summed E-state index contributed by atoms with van der Waals surface area (Å²) in [6.07, 6.45) is 2.38. The van der Waals surface area contributed by atoms with E-state index in [2.05, 4.69) is 25.6 Å². The molecule has 9 nitrogen and oxygen atoms in total. The molecule has 0 amide bonds. The summed E-state index contributed by atoms with van der Waals surface area (Å²) in [4.78, 5) is 8.92. The Morgan fingerprint density at radius 1 is 1.10 bits per heavy atom. The van der Waals surface area contributed by atoms with Gasteiger partial charge >= 0.3 is 0 Å². The highest BCUT2D eigenvalue weighted by atomic mass is 16.5. The first-order valence-corrected chi connectivity index (χ1v) is 9.58. The quantitative estimate of drug-likeness (QED) is 0.425. The van der Waals surface area contributed by atoms with E-state index in [1.807, 2.05) is 48.5 Å². The van der Waals surface area contributed by atoms with Gasteiger partial charge in [0.25, 0.3) is 0 Å². The molecule has 154 valence electrons. The Morgan fingerprint density at radius 2 is 1.97 bits per heavy atom. The second-order valence-electron chi connectivity index (χ2n) is 6.56. The molecule has 0 aliphatic heterocycles. The van der Waals surface area contributed by atoms with Gasteiger partial charge in [-0.2, -0.15) is 9.67 Å². The molecule has 2 aromatic heterocycles. The first-order chi connectivity index (χ1) is 14.8. The molecule has 0 spiro atoms. The van der Waals surface area contributed by atoms with Crippen LogP contribution in [0.5, 0.6) is 5.75 Å². The van der Waals surface area contributed by atoms with Crippen LogP contribution < -0.4 is 10.1 Å². The van der Waals surface area contributed by atoms with Gasteiger partial charge in [0.2, 0.25) is 5.95 Å². The van der Waals surface area contributed by atoms with Crippen LogP contribution in [-0.2, 0) is 11.2 Å². The molecule has 30 heavy (non-hydrogen) atoms. The number of anilines is 2. The Labute approximate surface area is 173 Å². The zero-order chi connectivity index (χ0) is 20.8. The van der Waals surface area contributed by atoms with Crippen molar-refractivity contribution in [3.8, 4) is 11.4 Å². The van der Waals surface area contributed by atoms with Gasteiger partial charge < -0.3 is 20.5 Å². The third-order valence-corrected chi connectivity index (χ3v) is 4.43. The molecule has 0 aliphatic carbocycles. The maximum Gasteiger partial charge on any atom is 0.229 e. The fourth-order valence-electron chi connectivity index (χ4n) is 2.94. The van der Waals surface area contributed by atoms with Gasteiger partial charge in [0.15, 0.2) is 11.2 Å². The summed E-state index contributed by atoms with van der Waals surface area (Å²) in [7, 11) is 1.64. The van der Waals surface area contributed by atoms with Crippen LogP contribution in [-0.4, -0.2) is 51.8 Å². The number of fused-ring (bicyclic) bond motifs is 1. The Balaban J connectivity index is 1.58. The monoisotopic (exact) mass is 404 g/mol. The predicted octanol–water partition coefficient (Wildman–Crippen LogP) is 3.57. The highest BCUT2D eigenvalue weighted by molar-refractivity contribution is 5.73. The van der Waals surface area contributed by atoms with Crippen LogP contribution in [0.3, 0.4) is 0 Å². The Bertz CT molecular complexity index is 1110. The van der Waals surface area contributed by atoms with Gasteiger partial charge in [-0.25, -0.2) is 4.98 Å². The van der Waals surface area contributed by atoms with Crippen LogP contribution in [0.25, 0.3) is 22.6 Å². The second-order valence-corrected chi connectivity index (χ2v) is 6.56. The Morgan fingerprint density at radius 3 is 2.77 bits per heavy atom. The molecular weight excluding hydrogens is 382 g/mol. The summed E-state index contributed by atoms with van der Waals surface area (Å²) in [6.45, 7) is 1.36. The molecule has 0 saturated heterocycles. The van der Waals surface area contributed by atoms with E-state index in [9.17, 15) is 0 Å². The fraction of sp³-hybridized carbons (Fsp3) is 0.238. The van der Waals surface area contributed by atoms with Gasteiger partial charge in [-0.15, -0.1) is 11.6 Å². The summed E-state index contributed by atoms with van der Waals surface area (Å²) in [5.41, 5.74) is 11.3. The van der Waals surface area contributed by atoms with E-state index < -0.39 is 0 Å². The molecule has 0 saturated carbocycles. The lowest BCUT2D eigenvalue weighted by Crippen LogP contribution is -2.05. The lowest BCUT2D eigenvalue weighted by Gasteiger charge is -2.09. The molecule has 0 bridgehead atoms. The van der Waals surface area contributed by atoms with Crippen molar-refractivity contribution in [3.63, 3.8) is 0 Å². The molecule has 0 radical (unpaired) electrons. The van der Waals surface area contributed by atoms with Crippen molar-refractivity contribution in [3.05, 3.63) is 66.0 Å². The summed E-state index contributed by atoms with van der Waals surface area (Å²) < 4.78 is 12.4. The van der Waals surface area contributed by atoms with E-state index in [1.165, 1.54) is 0 Å². The Kier molecular flexibility index (Phi) is 6.11. The maximum atomic E-state index is 7.32. The van der Waals surface area contributed by atoms with E-state index in [0.717, 1.165) is 23.4 Å². The average Bonchev–Trinajstić information content (AvgIpc) is 3.19. The average molecular weight is 404 g/mol. The number of hydrogen-bond acceptors (Lipinski definition) is 7. The standard InChI is InChI=1S/C21H22N7O2/c1-29-11-12-30-18-4-2-3-17(13-18)28-20-19(26-27-28)14-23-21(25-20)24-16-7-5-15(6-8-16)9-10-22/h2-8,13-14,22H,9-12H2,1H3,(H,23,24,25)/q-1. The zero-order valence-electron chi connectivity index (χ0n) is 16.6. The lowest BCUT2D eigenvalue weighted by molar-refractivity contribution is 0.146. The first-order valence-electron chi connectivity index (χ1n) is 9.58. The molecular formula is C21H22N7O2-. The molecule has 2 aromatic carbocycles. The van der Waals surface area contributed by atoms with Crippen LogP contribution in [0.4, 0.5) is 11.6 Å².